The molecule has 2 nitrogen and oxygen atoms in total. The quantitative estimate of drug-likeness (QED) is 0.629. The lowest BCUT2D eigenvalue weighted by atomic mass is 10.0. The third kappa shape index (κ3) is 1.86. The third-order valence-corrected chi connectivity index (χ3v) is 2.88. The molecule has 0 aliphatic heterocycles. The Morgan fingerprint density at radius 1 is 1.50 bits per heavy atom. The van der Waals surface area contributed by atoms with Gasteiger partial charge in [0.2, 0.25) is 0 Å². The number of aromatic hydroxyl groups is 1. The minimum Gasteiger partial charge on any atom is -0.507 e. The predicted octanol–water partition coefficient (Wildman–Crippen LogP) is 3.08. The smallest absolute Gasteiger partial charge is 0.181 e. The summed E-state index contributed by atoms with van der Waals surface area (Å²) in [5.41, 5.74) is 1.54. The molecule has 1 rings (SSSR count). The molecule has 0 spiro atoms. The van der Waals surface area contributed by atoms with Crippen molar-refractivity contribution in [3.8, 4) is 5.75 Å². The molecule has 0 aliphatic carbocycles. The van der Waals surface area contributed by atoms with E-state index < -0.39 is 0 Å². The minimum atomic E-state index is -0.316. The Kier molecular flexibility index (Phi) is 3.40. The van der Waals surface area contributed by atoms with E-state index in [4.69, 9.17) is 23.2 Å². The van der Waals surface area contributed by atoms with Crippen molar-refractivity contribution >= 4 is 29.0 Å². The highest BCUT2D eigenvalue weighted by Crippen LogP contribution is 2.31. The Labute approximate surface area is 92.5 Å². The number of carbonyl (C=O) groups is 1. The number of Topliss-reactive ketones (excluding diaryl/α,β-unsaturated/α-hetero) is 1. The van der Waals surface area contributed by atoms with Gasteiger partial charge in [-0.2, -0.15) is 0 Å². The van der Waals surface area contributed by atoms with Crippen LogP contribution in [0, 0.1) is 13.8 Å². The monoisotopic (exact) mass is 232 g/mol. The lowest BCUT2D eigenvalue weighted by Crippen LogP contribution is -2.04. The average Bonchev–Trinajstić information content (AvgIpc) is 2.14. The second kappa shape index (κ2) is 4.20. The van der Waals surface area contributed by atoms with E-state index in [0.29, 0.717) is 10.6 Å². The van der Waals surface area contributed by atoms with Gasteiger partial charge >= 0.3 is 0 Å². The SMILES string of the molecule is Cc1cc(O)c(C(=O)CCl)c(C)c1Cl. The lowest BCUT2D eigenvalue weighted by Gasteiger charge is -2.10. The van der Waals surface area contributed by atoms with E-state index in [1.165, 1.54) is 6.07 Å². The van der Waals surface area contributed by atoms with Crippen molar-refractivity contribution in [1.29, 1.82) is 0 Å². The number of alkyl halides is 1. The summed E-state index contributed by atoms with van der Waals surface area (Å²) in [6.07, 6.45) is 0. The molecular weight excluding hydrogens is 223 g/mol. The van der Waals surface area contributed by atoms with Crippen LogP contribution in [0.4, 0.5) is 0 Å². The summed E-state index contributed by atoms with van der Waals surface area (Å²) < 4.78 is 0. The van der Waals surface area contributed by atoms with Crippen LogP contribution in [0.5, 0.6) is 5.75 Å². The fraction of sp³-hybridized carbons (Fsp3) is 0.300. The summed E-state index contributed by atoms with van der Waals surface area (Å²) in [5.74, 6) is -0.535. The average molecular weight is 233 g/mol. The third-order valence-electron chi connectivity index (χ3n) is 2.06. The molecule has 0 amide bonds. The van der Waals surface area contributed by atoms with Crippen LogP contribution in [-0.2, 0) is 0 Å². The molecule has 0 heterocycles. The van der Waals surface area contributed by atoms with Crippen molar-refractivity contribution in [2.24, 2.45) is 0 Å². The van der Waals surface area contributed by atoms with Gasteiger partial charge in [0.15, 0.2) is 5.78 Å². The molecular formula is C10H10Cl2O2. The number of phenolic OH excluding ortho intramolecular Hbond substituents is 1. The highest BCUT2D eigenvalue weighted by atomic mass is 35.5. The molecule has 1 aromatic carbocycles. The number of ketones is 1. The van der Waals surface area contributed by atoms with Crippen molar-refractivity contribution in [3.63, 3.8) is 0 Å². The Balaban J connectivity index is 3.44. The minimum absolute atomic E-state index is 0.0601. The second-order valence-corrected chi connectivity index (χ2v) is 3.73. The van der Waals surface area contributed by atoms with E-state index in [1.54, 1.807) is 13.8 Å². The number of phenols is 1. The van der Waals surface area contributed by atoms with E-state index in [1.807, 2.05) is 0 Å². The van der Waals surface area contributed by atoms with Gasteiger partial charge in [-0.05, 0) is 31.0 Å². The summed E-state index contributed by atoms with van der Waals surface area (Å²) in [7, 11) is 0. The van der Waals surface area contributed by atoms with Gasteiger partial charge in [0.05, 0.1) is 11.4 Å². The first-order valence-electron chi connectivity index (χ1n) is 4.06. The van der Waals surface area contributed by atoms with E-state index in [0.717, 1.165) is 5.56 Å². The van der Waals surface area contributed by atoms with Crippen LogP contribution in [0.3, 0.4) is 0 Å². The molecule has 0 unspecified atom stereocenters. The summed E-state index contributed by atoms with van der Waals surface area (Å²) in [4.78, 5) is 11.4. The maximum atomic E-state index is 11.4. The number of carbonyl (C=O) groups excluding carboxylic acids is 1. The molecule has 0 aromatic heterocycles. The molecule has 76 valence electrons. The Bertz CT molecular complexity index is 386. The van der Waals surface area contributed by atoms with Crippen molar-refractivity contribution in [2.45, 2.75) is 13.8 Å². The van der Waals surface area contributed by atoms with E-state index in [-0.39, 0.29) is 23.0 Å². The number of benzene rings is 1. The van der Waals surface area contributed by atoms with E-state index in [9.17, 15) is 9.90 Å². The standard InChI is InChI=1S/C10H10Cl2O2/c1-5-3-7(13)9(8(14)4-11)6(2)10(5)12/h3,13H,4H2,1-2H3. The topological polar surface area (TPSA) is 37.3 Å². The zero-order valence-corrected chi connectivity index (χ0v) is 9.41. The summed E-state index contributed by atoms with van der Waals surface area (Å²) >= 11 is 11.4. The number of hydrogen-bond donors (Lipinski definition) is 1. The van der Waals surface area contributed by atoms with Crippen molar-refractivity contribution in [2.75, 3.05) is 5.88 Å². The van der Waals surface area contributed by atoms with Gasteiger partial charge < -0.3 is 5.11 Å². The van der Waals surface area contributed by atoms with Crippen LogP contribution in [0.15, 0.2) is 6.07 Å². The Morgan fingerprint density at radius 2 is 2.07 bits per heavy atom. The van der Waals surface area contributed by atoms with Gasteiger partial charge in [-0.25, -0.2) is 0 Å². The molecule has 0 aliphatic rings. The predicted molar refractivity (Wildman–Crippen MR) is 57.6 cm³/mol. The summed E-state index contributed by atoms with van der Waals surface area (Å²) in [6.45, 7) is 3.46. The van der Waals surface area contributed by atoms with Crippen molar-refractivity contribution < 1.29 is 9.90 Å². The van der Waals surface area contributed by atoms with Gasteiger partial charge in [0.1, 0.15) is 5.75 Å². The largest absolute Gasteiger partial charge is 0.507 e. The molecule has 0 atom stereocenters. The normalized spacial score (nSPS) is 10.3. The van der Waals surface area contributed by atoms with Crippen LogP contribution in [0.1, 0.15) is 21.5 Å². The highest BCUT2D eigenvalue weighted by molar-refractivity contribution is 6.34. The molecule has 14 heavy (non-hydrogen) atoms. The van der Waals surface area contributed by atoms with Crippen molar-refractivity contribution in [1.82, 2.24) is 0 Å². The van der Waals surface area contributed by atoms with Crippen LogP contribution in [0.2, 0.25) is 5.02 Å². The van der Waals surface area contributed by atoms with E-state index in [2.05, 4.69) is 0 Å². The maximum Gasteiger partial charge on any atom is 0.181 e. The summed E-state index contributed by atoms with van der Waals surface area (Å²) in [6, 6.07) is 1.47. The van der Waals surface area contributed by atoms with Crippen LogP contribution < -0.4 is 0 Å². The first kappa shape index (κ1) is 11.3. The Morgan fingerprint density at radius 3 is 2.57 bits per heavy atom. The van der Waals surface area contributed by atoms with Crippen molar-refractivity contribution in [3.05, 3.63) is 27.8 Å². The fourth-order valence-corrected chi connectivity index (χ4v) is 1.64. The lowest BCUT2D eigenvalue weighted by molar-refractivity contribution is 0.101. The number of hydrogen-bond acceptors (Lipinski definition) is 2. The number of halogens is 2. The van der Waals surface area contributed by atoms with Crippen LogP contribution in [-0.4, -0.2) is 16.8 Å². The Hall–Kier alpha value is -0.730. The van der Waals surface area contributed by atoms with Gasteiger partial charge in [-0.1, -0.05) is 11.6 Å². The first-order valence-corrected chi connectivity index (χ1v) is 4.98. The zero-order valence-electron chi connectivity index (χ0n) is 7.90. The van der Waals surface area contributed by atoms with Crippen LogP contribution >= 0.6 is 23.2 Å². The molecule has 0 radical (unpaired) electrons. The van der Waals surface area contributed by atoms with Gasteiger partial charge in [0, 0.05) is 5.02 Å². The molecule has 1 N–H and O–H groups in total. The molecule has 0 saturated carbocycles. The van der Waals surface area contributed by atoms with Gasteiger partial charge in [-0.15, -0.1) is 11.6 Å². The fourth-order valence-electron chi connectivity index (χ4n) is 1.36. The zero-order chi connectivity index (χ0) is 10.9. The highest BCUT2D eigenvalue weighted by Gasteiger charge is 2.16. The van der Waals surface area contributed by atoms with Gasteiger partial charge in [0.25, 0.3) is 0 Å². The first-order chi connectivity index (χ1) is 6.49. The van der Waals surface area contributed by atoms with Crippen LogP contribution in [0.25, 0.3) is 0 Å². The molecule has 0 fully saturated rings. The molecule has 0 saturated heterocycles. The van der Waals surface area contributed by atoms with Gasteiger partial charge in [-0.3, -0.25) is 4.79 Å². The molecule has 1 aromatic rings. The number of rotatable bonds is 2. The molecule has 0 bridgehead atoms. The maximum absolute atomic E-state index is 11.4. The molecule has 4 heteroatoms. The second-order valence-electron chi connectivity index (χ2n) is 3.08. The van der Waals surface area contributed by atoms with E-state index >= 15 is 0 Å². The summed E-state index contributed by atoms with van der Waals surface area (Å²) in [5, 5.41) is 10.1. The number of aryl methyl sites for hydroxylation is 1.